The highest BCUT2D eigenvalue weighted by Crippen LogP contribution is 2.42. The van der Waals surface area contributed by atoms with E-state index >= 15 is 0 Å². The number of likely N-dealkylation sites (N-methyl/N-ethyl adjacent to an activating group) is 1. The first-order valence-corrected chi connectivity index (χ1v) is 14.3. The van der Waals surface area contributed by atoms with Gasteiger partial charge >= 0.3 is 0 Å². The van der Waals surface area contributed by atoms with Crippen molar-refractivity contribution in [3.05, 3.63) is 58.3 Å². The number of hydrogen-bond donors (Lipinski definition) is 2. The summed E-state index contributed by atoms with van der Waals surface area (Å²) in [4.78, 5) is 15.8. The van der Waals surface area contributed by atoms with E-state index in [2.05, 4.69) is 61.0 Å². The van der Waals surface area contributed by atoms with E-state index in [4.69, 9.17) is 0 Å². The van der Waals surface area contributed by atoms with Gasteiger partial charge in [-0.05, 0) is 79.6 Å². The largest absolute Gasteiger partial charge is 0.324 e. The highest BCUT2D eigenvalue weighted by Gasteiger charge is 2.30. The average Bonchev–Trinajstić information content (AvgIpc) is 2.81. The van der Waals surface area contributed by atoms with Crippen LogP contribution in [0.2, 0.25) is 0 Å². The SMILES string of the molecule is Cc1c(Nc2ncc(C#N)c(Nc3cccc(N=S(C)(C)=O)n3)n2)cc2c3c1CCCC3CN(C)C2. The lowest BCUT2D eigenvalue weighted by Gasteiger charge is -2.38. The zero-order valence-electron chi connectivity index (χ0n) is 21.0. The first kappa shape index (κ1) is 24.2. The summed E-state index contributed by atoms with van der Waals surface area (Å²) in [5.41, 5.74) is 6.90. The summed E-state index contributed by atoms with van der Waals surface area (Å²) in [6.07, 6.45) is 8.17. The molecule has 0 spiro atoms. The van der Waals surface area contributed by atoms with Crippen molar-refractivity contribution in [2.24, 2.45) is 4.36 Å². The Labute approximate surface area is 212 Å². The molecule has 1 aromatic carbocycles. The minimum absolute atomic E-state index is 0.293. The normalized spacial score (nSPS) is 17.1. The van der Waals surface area contributed by atoms with Crippen molar-refractivity contribution in [3.63, 3.8) is 0 Å². The Balaban J connectivity index is 1.47. The summed E-state index contributed by atoms with van der Waals surface area (Å²) in [5, 5.41) is 16.1. The predicted octanol–water partition coefficient (Wildman–Crippen LogP) is 4.76. The maximum atomic E-state index is 12.0. The van der Waals surface area contributed by atoms with E-state index < -0.39 is 9.73 Å². The Hall–Kier alpha value is -3.55. The Morgan fingerprint density at radius 2 is 2.08 bits per heavy atom. The zero-order valence-corrected chi connectivity index (χ0v) is 21.8. The van der Waals surface area contributed by atoms with Crippen LogP contribution < -0.4 is 10.6 Å². The van der Waals surface area contributed by atoms with Crippen LogP contribution in [-0.2, 0) is 22.7 Å². The molecule has 36 heavy (non-hydrogen) atoms. The van der Waals surface area contributed by atoms with Crippen LogP contribution in [0.4, 0.5) is 29.1 Å². The van der Waals surface area contributed by atoms with Gasteiger partial charge in [-0.2, -0.15) is 14.6 Å². The molecule has 0 radical (unpaired) electrons. The van der Waals surface area contributed by atoms with E-state index in [-0.39, 0.29) is 0 Å². The van der Waals surface area contributed by atoms with E-state index in [0.29, 0.717) is 34.9 Å². The first-order chi connectivity index (χ1) is 17.2. The lowest BCUT2D eigenvalue weighted by molar-refractivity contribution is 0.266. The van der Waals surface area contributed by atoms with Gasteiger partial charge in [0.25, 0.3) is 0 Å². The molecule has 0 amide bonds. The minimum atomic E-state index is -2.35. The van der Waals surface area contributed by atoms with E-state index in [1.807, 2.05) is 0 Å². The van der Waals surface area contributed by atoms with Crippen molar-refractivity contribution in [2.75, 3.05) is 36.7 Å². The molecule has 1 aliphatic carbocycles. The summed E-state index contributed by atoms with van der Waals surface area (Å²) in [7, 11) is -0.165. The van der Waals surface area contributed by atoms with Crippen LogP contribution in [0.3, 0.4) is 0 Å². The third kappa shape index (κ3) is 5.03. The van der Waals surface area contributed by atoms with Gasteiger partial charge in [0.1, 0.15) is 17.5 Å². The van der Waals surface area contributed by atoms with Gasteiger partial charge in [0.05, 0.1) is 6.20 Å². The smallest absolute Gasteiger partial charge is 0.229 e. The molecule has 2 aromatic heterocycles. The van der Waals surface area contributed by atoms with Crippen LogP contribution >= 0.6 is 0 Å². The quantitative estimate of drug-likeness (QED) is 0.512. The summed E-state index contributed by atoms with van der Waals surface area (Å²) in [5.74, 6) is 2.15. The fraction of sp³-hybridized carbons (Fsp3) is 0.385. The van der Waals surface area contributed by atoms with Crippen LogP contribution in [0.1, 0.15) is 46.6 Å². The summed E-state index contributed by atoms with van der Waals surface area (Å²) in [6, 6.07) is 9.55. The Kier molecular flexibility index (Phi) is 6.36. The number of rotatable bonds is 5. The summed E-state index contributed by atoms with van der Waals surface area (Å²) >= 11 is 0. The number of nitrogens with one attached hydrogen (secondary N) is 2. The van der Waals surface area contributed by atoms with Gasteiger partial charge in [-0.1, -0.05) is 6.07 Å². The molecule has 186 valence electrons. The number of nitriles is 1. The van der Waals surface area contributed by atoms with E-state index in [0.717, 1.165) is 25.2 Å². The van der Waals surface area contributed by atoms with Gasteiger partial charge in [-0.25, -0.2) is 14.2 Å². The summed E-state index contributed by atoms with van der Waals surface area (Å²) < 4.78 is 16.2. The standard InChI is InChI=1S/C26H30N8OS/c1-16-20-8-5-7-17-14-34(2)15-18(24(17)20)11-21(16)29-26-28-13-19(12-27)25(32-26)31-22-9-6-10-23(30-22)33-36(3,4)35/h6,9-11,13,17H,5,7-8,14-15H2,1-4H3,(H2,28,29,30,31,32). The van der Waals surface area contributed by atoms with E-state index in [9.17, 15) is 9.47 Å². The van der Waals surface area contributed by atoms with Gasteiger partial charge in [0, 0.05) is 41.0 Å². The van der Waals surface area contributed by atoms with Crippen molar-refractivity contribution in [3.8, 4) is 6.07 Å². The van der Waals surface area contributed by atoms with Gasteiger partial charge in [-0.3, -0.25) is 0 Å². The zero-order chi connectivity index (χ0) is 25.4. The van der Waals surface area contributed by atoms with Crippen LogP contribution in [0.25, 0.3) is 0 Å². The molecule has 9 nitrogen and oxygen atoms in total. The third-order valence-corrected chi connectivity index (χ3v) is 7.28. The van der Waals surface area contributed by atoms with Crippen LogP contribution in [-0.4, -0.2) is 50.2 Å². The molecule has 2 N–H and O–H groups in total. The number of benzene rings is 1. The maximum absolute atomic E-state index is 12.0. The predicted molar refractivity (Wildman–Crippen MR) is 143 cm³/mol. The fourth-order valence-corrected chi connectivity index (χ4v) is 5.78. The molecular weight excluding hydrogens is 472 g/mol. The topological polar surface area (TPSA) is 119 Å². The second-order valence-electron chi connectivity index (χ2n) is 9.86. The van der Waals surface area contributed by atoms with Crippen molar-refractivity contribution in [1.29, 1.82) is 5.26 Å². The van der Waals surface area contributed by atoms with Gasteiger partial charge < -0.3 is 15.5 Å². The molecule has 1 aliphatic heterocycles. The molecule has 0 saturated heterocycles. The monoisotopic (exact) mass is 502 g/mol. The second kappa shape index (κ2) is 9.48. The van der Waals surface area contributed by atoms with Crippen LogP contribution in [0.5, 0.6) is 0 Å². The molecule has 1 atom stereocenters. The molecule has 0 bridgehead atoms. The van der Waals surface area contributed by atoms with Gasteiger partial charge in [0.15, 0.2) is 11.6 Å². The van der Waals surface area contributed by atoms with Gasteiger partial charge in [-0.15, -0.1) is 0 Å². The molecule has 1 unspecified atom stereocenters. The lowest BCUT2D eigenvalue weighted by Crippen LogP contribution is -2.33. The van der Waals surface area contributed by atoms with E-state index in [1.54, 1.807) is 36.3 Å². The molecular formula is C26H30N8OS. The lowest BCUT2D eigenvalue weighted by atomic mass is 9.76. The molecule has 2 aliphatic rings. The Morgan fingerprint density at radius 3 is 2.86 bits per heavy atom. The number of pyridine rings is 1. The first-order valence-electron chi connectivity index (χ1n) is 12.0. The number of aromatic nitrogens is 3. The highest BCUT2D eigenvalue weighted by molar-refractivity contribution is 7.92. The highest BCUT2D eigenvalue weighted by atomic mass is 32.2. The van der Waals surface area contributed by atoms with Crippen molar-refractivity contribution < 1.29 is 4.21 Å². The minimum Gasteiger partial charge on any atom is -0.324 e. The average molecular weight is 503 g/mol. The number of hydrogen-bond acceptors (Lipinski definition) is 9. The Bertz CT molecular complexity index is 1490. The molecule has 0 fully saturated rings. The molecule has 0 saturated carbocycles. The molecule has 5 rings (SSSR count). The van der Waals surface area contributed by atoms with Crippen molar-refractivity contribution in [2.45, 2.75) is 38.6 Å². The fourth-order valence-electron chi connectivity index (χ4n) is 5.22. The summed E-state index contributed by atoms with van der Waals surface area (Å²) in [6.45, 7) is 4.22. The van der Waals surface area contributed by atoms with Crippen LogP contribution in [0.15, 0.2) is 34.8 Å². The molecule has 10 heteroatoms. The van der Waals surface area contributed by atoms with Crippen molar-refractivity contribution in [1.82, 2.24) is 19.9 Å². The van der Waals surface area contributed by atoms with Crippen molar-refractivity contribution >= 4 is 38.8 Å². The molecule has 3 aromatic rings. The molecule has 3 heterocycles. The second-order valence-corrected chi connectivity index (χ2v) is 12.4. The number of nitrogens with zero attached hydrogens (tertiary/aromatic N) is 6. The maximum Gasteiger partial charge on any atom is 0.229 e. The number of anilines is 4. The Morgan fingerprint density at radius 1 is 1.25 bits per heavy atom. The van der Waals surface area contributed by atoms with Crippen LogP contribution in [0, 0.1) is 18.3 Å². The van der Waals surface area contributed by atoms with Gasteiger partial charge in [0.2, 0.25) is 5.95 Å². The van der Waals surface area contributed by atoms with E-state index in [1.165, 1.54) is 35.7 Å². The third-order valence-electron chi connectivity index (χ3n) is 6.66.